The van der Waals surface area contributed by atoms with Gasteiger partial charge in [0.05, 0.1) is 28.3 Å². The first-order valence-electron chi connectivity index (χ1n) is 9.80. The highest BCUT2D eigenvalue weighted by atomic mass is 32.2. The van der Waals surface area contributed by atoms with Crippen molar-refractivity contribution in [3.8, 4) is 6.07 Å². The molecule has 2 aromatic carbocycles. The lowest BCUT2D eigenvalue weighted by molar-refractivity contribution is -0.113. The van der Waals surface area contributed by atoms with Gasteiger partial charge in [-0.1, -0.05) is 54.2 Å². The Morgan fingerprint density at radius 2 is 1.90 bits per heavy atom. The standard InChI is InChI=1S/C25H20N2O2S2/c1-15-23(16(2)28)24(22-8-5-11-30-22)20(13-26)25(27-15)31-14-21(29)19-10-9-17-6-3-4-7-18(17)12-19/h3-12,24,27H,14H2,1-2H3/t24-/m1/s1. The largest absolute Gasteiger partial charge is 0.353 e. The Bertz CT molecular complexity index is 1280. The van der Waals surface area contributed by atoms with Crippen LogP contribution in [0.5, 0.6) is 0 Å². The molecule has 6 heteroatoms. The van der Waals surface area contributed by atoms with E-state index >= 15 is 0 Å². The number of hydrogen-bond acceptors (Lipinski definition) is 6. The molecular formula is C25H20N2O2S2. The summed E-state index contributed by atoms with van der Waals surface area (Å²) in [5.41, 5.74) is 2.46. The molecule has 1 atom stereocenters. The van der Waals surface area contributed by atoms with Crippen molar-refractivity contribution < 1.29 is 9.59 Å². The van der Waals surface area contributed by atoms with Crippen LogP contribution in [0.1, 0.15) is 35.0 Å². The molecule has 154 valence electrons. The van der Waals surface area contributed by atoms with Gasteiger partial charge in [0.15, 0.2) is 11.6 Å². The van der Waals surface area contributed by atoms with Crippen LogP contribution in [0.3, 0.4) is 0 Å². The fourth-order valence-electron chi connectivity index (χ4n) is 3.82. The van der Waals surface area contributed by atoms with Crippen molar-refractivity contribution in [2.24, 2.45) is 0 Å². The number of benzene rings is 2. The van der Waals surface area contributed by atoms with Crippen LogP contribution in [-0.2, 0) is 4.79 Å². The summed E-state index contributed by atoms with van der Waals surface area (Å²) in [5, 5.41) is 17.8. The minimum absolute atomic E-state index is 0.00554. The second kappa shape index (κ2) is 8.93. The van der Waals surface area contributed by atoms with Crippen LogP contribution in [0.4, 0.5) is 0 Å². The van der Waals surface area contributed by atoms with Crippen LogP contribution in [0, 0.1) is 11.3 Å². The number of Topliss-reactive ketones (excluding diaryl/α,β-unsaturated/α-hetero) is 2. The summed E-state index contributed by atoms with van der Waals surface area (Å²) in [7, 11) is 0. The average molecular weight is 445 g/mol. The molecule has 0 amide bonds. The van der Waals surface area contributed by atoms with E-state index in [2.05, 4.69) is 11.4 Å². The summed E-state index contributed by atoms with van der Waals surface area (Å²) in [6.07, 6.45) is 0. The molecule has 0 radical (unpaired) electrons. The SMILES string of the molecule is CC(=O)C1=C(C)NC(SCC(=O)c2ccc3ccccc3c2)=C(C#N)[C@@H]1c1cccs1. The van der Waals surface area contributed by atoms with Gasteiger partial charge in [0.1, 0.15) is 0 Å². The van der Waals surface area contributed by atoms with Gasteiger partial charge in [0, 0.05) is 21.7 Å². The van der Waals surface area contributed by atoms with Crippen LogP contribution in [0.25, 0.3) is 10.8 Å². The molecule has 1 aliphatic rings. The summed E-state index contributed by atoms with van der Waals surface area (Å²) in [6, 6.07) is 19.8. The van der Waals surface area contributed by atoms with Crippen molar-refractivity contribution in [2.75, 3.05) is 5.75 Å². The molecule has 0 fully saturated rings. The molecular weight excluding hydrogens is 424 g/mol. The summed E-state index contributed by atoms with van der Waals surface area (Å²) in [6.45, 7) is 3.37. The van der Waals surface area contributed by atoms with Gasteiger partial charge in [-0.05, 0) is 42.1 Å². The minimum Gasteiger partial charge on any atom is -0.353 e. The quantitative estimate of drug-likeness (QED) is 0.487. The third-order valence-corrected chi connectivity index (χ3v) is 7.23. The lowest BCUT2D eigenvalue weighted by Gasteiger charge is -2.28. The number of fused-ring (bicyclic) bond motifs is 1. The van der Waals surface area contributed by atoms with Gasteiger partial charge in [0.25, 0.3) is 0 Å². The summed E-state index contributed by atoms with van der Waals surface area (Å²) < 4.78 is 0. The van der Waals surface area contributed by atoms with E-state index in [-0.39, 0.29) is 17.3 Å². The van der Waals surface area contributed by atoms with E-state index in [9.17, 15) is 14.9 Å². The predicted octanol–water partition coefficient (Wildman–Crippen LogP) is 5.80. The first kappa shape index (κ1) is 21.1. The molecule has 31 heavy (non-hydrogen) atoms. The normalized spacial score (nSPS) is 16.2. The number of rotatable bonds is 6. The first-order chi connectivity index (χ1) is 15.0. The van der Waals surface area contributed by atoms with Crippen LogP contribution in [-0.4, -0.2) is 17.3 Å². The van der Waals surface area contributed by atoms with Crippen molar-refractivity contribution in [1.82, 2.24) is 5.32 Å². The van der Waals surface area contributed by atoms with Gasteiger partial charge in [-0.2, -0.15) is 5.26 Å². The molecule has 0 unspecified atom stereocenters. The van der Waals surface area contributed by atoms with E-state index in [1.54, 1.807) is 0 Å². The van der Waals surface area contributed by atoms with Crippen LogP contribution >= 0.6 is 23.1 Å². The van der Waals surface area contributed by atoms with E-state index in [4.69, 9.17) is 0 Å². The van der Waals surface area contributed by atoms with Crippen molar-refractivity contribution in [1.29, 1.82) is 5.26 Å². The zero-order chi connectivity index (χ0) is 22.0. The fraction of sp³-hybridized carbons (Fsp3) is 0.160. The monoisotopic (exact) mass is 444 g/mol. The fourth-order valence-corrected chi connectivity index (χ4v) is 5.65. The minimum atomic E-state index is -0.401. The highest BCUT2D eigenvalue weighted by Gasteiger charge is 2.33. The van der Waals surface area contributed by atoms with E-state index in [0.29, 0.717) is 21.7 Å². The molecule has 4 rings (SSSR count). The molecule has 0 saturated heterocycles. The van der Waals surface area contributed by atoms with Crippen molar-refractivity contribution in [2.45, 2.75) is 19.8 Å². The van der Waals surface area contributed by atoms with Gasteiger partial charge in [-0.25, -0.2) is 0 Å². The average Bonchev–Trinajstić information content (AvgIpc) is 3.30. The maximum absolute atomic E-state index is 12.9. The molecule has 2 heterocycles. The Hall–Kier alpha value is -3.14. The number of carbonyl (C=O) groups excluding carboxylic acids is 2. The summed E-state index contributed by atoms with van der Waals surface area (Å²) >= 11 is 2.83. The molecule has 0 saturated carbocycles. The smallest absolute Gasteiger partial charge is 0.173 e. The van der Waals surface area contributed by atoms with Crippen molar-refractivity contribution >= 4 is 45.4 Å². The second-order valence-corrected chi connectivity index (χ2v) is 9.26. The molecule has 1 N–H and O–H groups in total. The zero-order valence-corrected chi connectivity index (χ0v) is 18.8. The number of hydrogen-bond donors (Lipinski definition) is 1. The van der Waals surface area contributed by atoms with Gasteiger partial charge in [-0.3, -0.25) is 9.59 Å². The van der Waals surface area contributed by atoms with E-state index in [1.807, 2.05) is 66.9 Å². The third-order valence-electron chi connectivity index (χ3n) is 5.27. The Balaban J connectivity index is 1.62. The third kappa shape index (κ3) is 4.20. The number of allylic oxidation sites excluding steroid dienone is 3. The molecule has 0 aliphatic carbocycles. The number of thiophene rings is 1. The molecule has 1 aromatic heterocycles. The number of nitrogens with zero attached hydrogens (tertiary/aromatic N) is 1. The highest BCUT2D eigenvalue weighted by molar-refractivity contribution is 8.03. The van der Waals surface area contributed by atoms with Gasteiger partial charge >= 0.3 is 0 Å². The van der Waals surface area contributed by atoms with Gasteiger partial charge in [0.2, 0.25) is 0 Å². The van der Waals surface area contributed by atoms with Crippen molar-refractivity contribution in [3.63, 3.8) is 0 Å². The molecule has 4 nitrogen and oxygen atoms in total. The Morgan fingerprint density at radius 1 is 1.13 bits per heavy atom. The molecule has 0 bridgehead atoms. The lowest BCUT2D eigenvalue weighted by Crippen LogP contribution is -2.27. The summed E-state index contributed by atoms with van der Waals surface area (Å²) in [5.74, 6) is -0.269. The topological polar surface area (TPSA) is 70.0 Å². The Labute approximate surface area is 189 Å². The van der Waals surface area contributed by atoms with Gasteiger partial charge < -0.3 is 5.32 Å². The van der Waals surface area contributed by atoms with E-state index in [0.717, 1.165) is 21.3 Å². The van der Waals surface area contributed by atoms with E-state index < -0.39 is 5.92 Å². The van der Waals surface area contributed by atoms with Crippen LogP contribution in [0.2, 0.25) is 0 Å². The van der Waals surface area contributed by atoms with Crippen molar-refractivity contribution in [3.05, 3.63) is 92.3 Å². The highest BCUT2D eigenvalue weighted by Crippen LogP contribution is 2.42. The maximum Gasteiger partial charge on any atom is 0.173 e. The molecule has 3 aromatic rings. The predicted molar refractivity (Wildman–Crippen MR) is 127 cm³/mol. The number of thioether (sulfide) groups is 1. The second-order valence-electron chi connectivity index (χ2n) is 7.30. The number of dihydropyridines is 1. The lowest BCUT2D eigenvalue weighted by atomic mass is 9.85. The Morgan fingerprint density at radius 3 is 2.58 bits per heavy atom. The number of carbonyl (C=O) groups is 2. The number of nitrogens with one attached hydrogen (secondary N) is 1. The van der Waals surface area contributed by atoms with Crippen LogP contribution < -0.4 is 5.32 Å². The van der Waals surface area contributed by atoms with E-state index in [1.165, 1.54) is 30.0 Å². The zero-order valence-electron chi connectivity index (χ0n) is 17.1. The number of ketones is 2. The maximum atomic E-state index is 12.9. The molecule has 0 spiro atoms. The first-order valence-corrected chi connectivity index (χ1v) is 11.7. The summed E-state index contributed by atoms with van der Waals surface area (Å²) in [4.78, 5) is 26.2. The van der Waals surface area contributed by atoms with Crippen LogP contribution in [0.15, 0.2) is 81.8 Å². The van der Waals surface area contributed by atoms with Gasteiger partial charge in [-0.15, -0.1) is 11.3 Å². The Kier molecular flexibility index (Phi) is 6.08. The molecule has 1 aliphatic heterocycles. The number of nitriles is 1.